The molecule has 0 aliphatic rings. The van der Waals surface area contributed by atoms with Gasteiger partial charge in [-0.25, -0.2) is 9.78 Å². The molecule has 1 N–H and O–H groups in total. The number of hydrogen-bond donors (Lipinski definition) is 1. The molecule has 0 atom stereocenters. The fourth-order valence-corrected chi connectivity index (χ4v) is 2.79. The Hall–Kier alpha value is -1.68. The van der Waals surface area contributed by atoms with Gasteiger partial charge in [0.15, 0.2) is 0 Å². The molecule has 0 aliphatic heterocycles. The van der Waals surface area contributed by atoms with E-state index in [9.17, 15) is 4.79 Å². The van der Waals surface area contributed by atoms with E-state index >= 15 is 0 Å². The normalized spacial score (nSPS) is 11.6. The van der Waals surface area contributed by atoms with Crippen molar-refractivity contribution < 1.29 is 9.90 Å². The zero-order valence-electron chi connectivity index (χ0n) is 11.5. The Morgan fingerprint density at radius 1 is 1.21 bits per heavy atom. The molecular formula is C15H17NO2S. The van der Waals surface area contributed by atoms with Crippen molar-refractivity contribution in [2.75, 3.05) is 0 Å². The summed E-state index contributed by atoms with van der Waals surface area (Å²) < 4.78 is 0. The predicted octanol–water partition coefficient (Wildman–Crippen LogP) is 4.11. The molecule has 0 unspecified atom stereocenters. The Morgan fingerprint density at radius 2 is 1.79 bits per heavy atom. The van der Waals surface area contributed by atoms with Crippen LogP contribution in [0.25, 0.3) is 10.4 Å². The van der Waals surface area contributed by atoms with Gasteiger partial charge in [0.25, 0.3) is 0 Å². The summed E-state index contributed by atoms with van der Waals surface area (Å²) in [5.41, 5.74) is 3.17. The van der Waals surface area contributed by atoms with Gasteiger partial charge in [-0.1, -0.05) is 45.0 Å². The van der Waals surface area contributed by atoms with Crippen molar-refractivity contribution in [2.24, 2.45) is 0 Å². The van der Waals surface area contributed by atoms with Crippen LogP contribution in [0, 0.1) is 6.92 Å². The average molecular weight is 275 g/mol. The smallest absolute Gasteiger partial charge is 0.365 e. The number of rotatable bonds is 2. The molecule has 0 saturated heterocycles. The van der Waals surface area contributed by atoms with Crippen LogP contribution in [-0.2, 0) is 5.41 Å². The van der Waals surface area contributed by atoms with Crippen LogP contribution >= 0.6 is 11.3 Å². The fraction of sp³-hybridized carbons (Fsp3) is 0.333. The maximum atomic E-state index is 10.9. The standard InChI is InChI=1S/C15H17NO2S/c1-9-12(19-13(16-9)14(17)18)10-5-7-11(8-6-10)15(2,3)4/h5-8H,1-4H3,(H,17,18). The summed E-state index contributed by atoms with van der Waals surface area (Å²) in [4.78, 5) is 15.9. The van der Waals surface area contributed by atoms with Crippen molar-refractivity contribution in [1.29, 1.82) is 0 Å². The summed E-state index contributed by atoms with van der Waals surface area (Å²) in [6.07, 6.45) is 0. The molecule has 0 aliphatic carbocycles. The van der Waals surface area contributed by atoms with Crippen molar-refractivity contribution in [3.63, 3.8) is 0 Å². The minimum Gasteiger partial charge on any atom is -0.476 e. The minimum atomic E-state index is -0.967. The van der Waals surface area contributed by atoms with Gasteiger partial charge in [-0.05, 0) is 23.5 Å². The highest BCUT2D eigenvalue weighted by molar-refractivity contribution is 7.17. The maximum Gasteiger partial charge on any atom is 0.365 e. The molecule has 0 radical (unpaired) electrons. The first-order valence-corrected chi connectivity index (χ1v) is 6.92. The van der Waals surface area contributed by atoms with E-state index in [0.29, 0.717) is 0 Å². The summed E-state index contributed by atoms with van der Waals surface area (Å²) in [6.45, 7) is 8.35. The van der Waals surface area contributed by atoms with Gasteiger partial charge in [0.1, 0.15) is 0 Å². The van der Waals surface area contributed by atoms with Crippen molar-refractivity contribution in [2.45, 2.75) is 33.1 Å². The number of nitrogens with zero attached hydrogens (tertiary/aromatic N) is 1. The molecule has 2 rings (SSSR count). The van der Waals surface area contributed by atoms with E-state index in [1.54, 1.807) is 0 Å². The highest BCUT2D eigenvalue weighted by Gasteiger charge is 2.16. The topological polar surface area (TPSA) is 50.2 Å². The van der Waals surface area contributed by atoms with Gasteiger partial charge in [0, 0.05) is 0 Å². The number of hydrogen-bond acceptors (Lipinski definition) is 3. The monoisotopic (exact) mass is 275 g/mol. The van der Waals surface area contributed by atoms with Gasteiger partial charge < -0.3 is 5.11 Å². The minimum absolute atomic E-state index is 0.119. The molecular weight excluding hydrogens is 258 g/mol. The van der Waals surface area contributed by atoms with Crippen molar-refractivity contribution in [3.8, 4) is 10.4 Å². The SMILES string of the molecule is Cc1nc(C(=O)O)sc1-c1ccc(C(C)(C)C)cc1. The van der Waals surface area contributed by atoms with Gasteiger partial charge in [-0.2, -0.15) is 0 Å². The number of aryl methyl sites for hydroxylation is 1. The molecule has 1 heterocycles. The second-order valence-electron chi connectivity index (χ2n) is 5.57. The average Bonchev–Trinajstić information content (AvgIpc) is 2.70. The predicted molar refractivity (Wildman–Crippen MR) is 77.9 cm³/mol. The summed E-state index contributed by atoms with van der Waals surface area (Å²) in [7, 11) is 0. The summed E-state index contributed by atoms with van der Waals surface area (Å²) in [5, 5.41) is 9.11. The second kappa shape index (κ2) is 4.78. The lowest BCUT2D eigenvalue weighted by atomic mass is 9.86. The fourth-order valence-electron chi connectivity index (χ4n) is 1.88. The van der Waals surface area contributed by atoms with Crippen LogP contribution in [0.3, 0.4) is 0 Å². The van der Waals surface area contributed by atoms with Crippen LogP contribution in [0.2, 0.25) is 0 Å². The van der Waals surface area contributed by atoms with E-state index in [-0.39, 0.29) is 10.4 Å². The van der Waals surface area contributed by atoms with Gasteiger partial charge in [-0.3, -0.25) is 0 Å². The molecule has 0 fully saturated rings. The Kier molecular flexibility index (Phi) is 3.45. The van der Waals surface area contributed by atoms with E-state index in [1.807, 2.05) is 19.1 Å². The third kappa shape index (κ3) is 2.84. The summed E-state index contributed by atoms with van der Waals surface area (Å²) in [6, 6.07) is 8.25. The van der Waals surface area contributed by atoms with Crippen molar-refractivity contribution in [3.05, 3.63) is 40.5 Å². The van der Waals surface area contributed by atoms with Crippen molar-refractivity contribution in [1.82, 2.24) is 4.98 Å². The van der Waals surface area contributed by atoms with E-state index in [0.717, 1.165) is 16.1 Å². The van der Waals surface area contributed by atoms with Crippen LogP contribution < -0.4 is 0 Å². The van der Waals surface area contributed by atoms with Crippen LogP contribution in [0.4, 0.5) is 0 Å². The lowest BCUT2D eigenvalue weighted by molar-refractivity contribution is 0.0696. The van der Waals surface area contributed by atoms with Gasteiger partial charge in [0.2, 0.25) is 5.01 Å². The third-order valence-electron chi connectivity index (χ3n) is 2.99. The molecule has 0 spiro atoms. The summed E-state index contributed by atoms with van der Waals surface area (Å²) in [5.74, 6) is -0.967. The number of carboxylic acids is 1. The van der Waals surface area contributed by atoms with Crippen LogP contribution in [0.15, 0.2) is 24.3 Å². The van der Waals surface area contributed by atoms with Crippen LogP contribution in [0.1, 0.15) is 41.8 Å². The second-order valence-corrected chi connectivity index (χ2v) is 6.57. The van der Waals surface area contributed by atoms with E-state index in [2.05, 4.69) is 37.9 Å². The highest BCUT2D eigenvalue weighted by Crippen LogP contribution is 2.32. The first-order valence-electron chi connectivity index (χ1n) is 6.10. The van der Waals surface area contributed by atoms with E-state index in [4.69, 9.17) is 5.11 Å². The number of aromatic nitrogens is 1. The zero-order valence-corrected chi connectivity index (χ0v) is 12.3. The quantitative estimate of drug-likeness (QED) is 0.897. The molecule has 19 heavy (non-hydrogen) atoms. The highest BCUT2D eigenvalue weighted by atomic mass is 32.1. The lowest BCUT2D eigenvalue weighted by Gasteiger charge is -2.19. The molecule has 3 nitrogen and oxygen atoms in total. The summed E-state index contributed by atoms with van der Waals surface area (Å²) >= 11 is 1.22. The van der Waals surface area contributed by atoms with Crippen LogP contribution in [-0.4, -0.2) is 16.1 Å². The molecule has 0 amide bonds. The molecule has 2 aromatic rings. The molecule has 100 valence electrons. The Labute approximate surface area is 116 Å². The van der Waals surface area contributed by atoms with Crippen LogP contribution in [0.5, 0.6) is 0 Å². The molecule has 1 aromatic heterocycles. The number of carboxylic acid groups (broad SMARTS) is 1. The third-order valence-corrected chi connectivity index (χ3v) is 4.19. The number of carbonyl (C=O) groups is 1. The Balaban J connectivity index is 2.40. The van der Waals surface area contributed by atoms with Crippen molar-refractivity contribution >= 4 is 17.3 Å². The Bertz CT molecular complexity index is 606. The van der Waals surface area contributed by atoms with E-state index < -0.39 is 5.97 Å². The largest absolute Gasteiger partial charge is 0.476 e. The maximum absolute atomic E-state index is 10.9. The number of benzene rings is 1. The first kappa shape index (κ1) is 13.7. The van der Waals surface area contributed by atoms with Gasteiger partial charge in [-0.15, -0.1) is 11.3 Å². The number of aromatic carboxylic acids is 1. The zero-order chi connectivity index (χ0) is 14.2. The molecule has 1 aromatic carbocycles. The Morgan fingerprint density at radius 3 is 2.21 bits per heavy atom. The first-order chi connectivity index (χ1) is 8.79. The molecule has 0 bridgehead atoms. The molecule has 0 saturated carbocycles. The van der Waals surface area contributed by atoms with Gasteiger partial charge >= 0.3 is 5.97 Å². The van der Waals surface area contributed by atoms with Gasteiger partial charge in [0.05, 0.1) is 10.6 Å². The van der Waals surface area contributed by atoms with E-state index in [1.165, 1.54) is 16.9 Å². The molecule has 4 heteroatoms. The lowest BCUT2D eigenvalue weighted by Crippen LogP contribution is -2.10. The number of thiazole rings is 1.